The summed E-state index contributed by atoms with van der Waals surface area (Å²) < 4.78 is 45.8. The quantitative estimate of drug-likeness (QED) is 0.606. The van der Waals surface area contributed by atoms with Crippen LogP contribution in [0.2, 0.25) is 5.02 Å². The number of halogens is 2. The highest BCUT2D eigenvalue weighted by Crippen LogP contribution is 2.31. The average Bonchev–Trinajstić information content (AvgIpc) is 3.18. The second-order valence-electron chi connectivity index (χ2n) is 7.05. The van der Waals surface area contributed by atoms with Gasteiger partial charge in [0, 0.05) is 29.6 Å². The molecular weight excluding hydrogens is 417 g/mol. The zero-order valence-electron chi connectivity index (χ0n) is 15.7. The SMILES string of the molecule is Cc1cc(Cl)ccc1S(=O)(=O)N1CCC(c2noc(-c3ccc(F)cc3)n2)CC1. The summed E-state index contributed by atoms with van der Waals surface area (Å²) in [6, 6.07) is 10.6. The fourth-order valence-corrected chi connectivity index (χ4v) is 5.41. The monoisotopic (exact) mass is 435 g/mol. The maximum atomic E-state index is 13.1. The Labute approximate surface area is 173 Å². The van der Waals surface area contributed by atoms with E-state index in [1.54, 1.807) is 37.3 Å². The molecule has 0 radical (unpaired) electrons. The van der Waals surface area contributed by atoms with Crippen LogP contribution in [-0.4, -0.2) is 36.0 Å². The summed E-state index contributed by atoms with van der Waals surface area (Å²) in [7, 11) is -3.58. The molecule has 0 amide bonds. The van der Waals surface area contributed by atoms with E-state index < -0.39 is 10.0 Å². The average molecular weight is 436 g/mol. The fraction of sp³-hybridized carbons (Fsp3) is 0.300. The first-order valence-electron chi connectivity index (χ1n) is 9.20. The van der Waals surface area contributed by atoms with Gasteiger partial charge in [-0.25, -0.2) is 12.8 Å². The molecule has 0 saturated carbocycles. The standard InChI is InChI=1S/C20H19ClFN3O3S/c1-13-12-16(21)4-7-18(13)29(26,27)25-10-8-14(9-11-25)19-23-20(28-24-19)15-2-5-17(22)6-3-15/h2-7,12,14H,8-11H2,1H3. The van der Waals surface area contributed by atoms with Gasteiger partial charge in [0.25, 0.3) is 5.89 Å². The van der Waals surface area contributed by atoms with Crippen LogP contribution in [0.1, 0.15) is 30.1 Å². The minimum atomic E-state index is -3.58. The summed E-state index contributed by atoms with van der Waals surface area (Å²) in [6.45, 7) is 2.48. The minimum Gasteiger partial charge on any atom is -0.334 e. The number of piperidine rings is 1. The zero-order valence-corrected chi connectivity index (χ0v) is 17.3. The number of aromatic nitrogens is 2. The van der Waals surface area contributed by atoms with E-state index in [0.29, 0.717) is 53.8 Å². The van der Waals surface area contributed by atoms with Gasteiger partial charge in [-0.15, -0.1) is 0 Å². The Morgan fingerprint density at radius 3 is 2.48 bits per heavy atom. The van der Waals surface area contributed by atoms with Crippen molar-refractivity contribution in [2.75, 3.05) is 13.1 Å². The van der Waals surface area contributed by atoms with Crippen LogP contribution in [0.15, 0.2) is 51.9 Å². The van der Waals surface area contributed by atoms with Crippen LogP contribution in [0.25, 0.3) is 11.5 Å². The summed E-state index contributed by atoms with van der Waals surface area (Å²) >= 11 is 5.94. The van der Waals surface area contributed by atoms with Crippen molar-refractivity contribution in [3.05, 3.63) is 64.7 Å². The normalized spacial score (nSPS) is 16.2. The maximum Gasteiger partial charge on any atom is 0.257 e. The summed E-state index contributed by atoms with van der Waals surface area (Å²) in [5.41, 5.74) is 1.27. The molecule has 1 aliphatic rings. The third-order valence-corrected chi connectivity index (χ3v) is 7.40. The molecular formula is C20H19ClFN3O3S. The predicted octanol–water partition coefficient (Wildman–Crippen LogP) is 4.41. The van der Waals surface area contributed by atoms with Crippen LogP contribution in [0.3, 0.4) is 0 Å². The van der Waals surface area contributed by atoms with Gasteiger partial charge in [-0.05, 0) is 67.8 Å². The first kappa shape index (κ1) is 20.0. The molecule has 0 bridgehead atoms. The van der Waals surface area contributed by atoms with Crippen molar-refractivity contribution in [2.24, 2.45) is 0 Å². The first-order chi connectivity index (χ1) is 13.8. The fourth-order valence-electron chi connectivity index (χ4n) is 3.51. The Balaban J connectivity index is 1.46. The lowest BCUT2D eigenvalue weighted by atomic mass is 9.97. The Kier molecular flexibility index (Phi) is 5.42. The summed E-state index contributed by atoms with van der Waals surface area (Å²) in [4.78, 5) is 4.70. The third-order valence-electron chi connectivity index (χ3n) is 5.11. The van der Waals surface area contributed by atoms with Gasteiger partial charge in [0.15, 0.2) is 5.82 Å². The lowest BCUT2D eigenvalue weighted by molar-refractivity contribution is 0.307. The summed E-state index contributed by atoms with van der Waals surface area (Å²) in [6.07, 6.45) is 1.18. The molecule has 6 nitrogen and oxygen atoms in total. The molecule has 1 aromatic heterocycles. The van der Waals surface area contributed by atoms with Gasteiger partial charge in [0.2, 0.25) is 10.0 Å². The van der Waals surface area contributed by atoms with E-state index in [4.69, 9.17) is 16.1 Å². The van der Waals surface area contributed by atoms with Crippen molar-refractivity contribution >= 4 is 21.6 Å². The van der Waals surface area contributed by atoms with Gasteiger partial charge >= 0.3 is 0 Å². The molecule has 4 rings (SSSR count). The second kappa shape index (κ2) is 7.85. The van der Waals surface area contributed by atoms with E-state index in [9.17, 15) is 12.8 Å². The van der Waals surface area contributed by atoms with E-state index in [2.05, 4.69) is 10.1 Å². The van der Waals surface area contributed by atoms with Crippen molar-refractivity contribution in [1.29, 1.82) is 0 Å². The first-order valence-corrected chi connectivity index (χ1v) is 11.0. The number of aryl methyl sites for hydroxylation is 1. The topological polar surface area (TPSA) is 76.3 Å². The van der Waals surface area contributed by atoms with E-state index in [-0.39, 0.29) is 16.6 Å². The van der Waals surface area contributed by atoms with Gasteiger partial charge in [-0.2, -0.15) is 9.29 Å². The largest absolute Gasteiger partial charge is 0.334 e. The molecule has 0 spiro atoms. The number of nitrogens with zero attached hydrogens (tertiary/aromatic N) is 3. The molecule has 9 heteroatoms. The van der Waals surface area contributed by atoms with E-state index in [0.717, 1.165) is 0 Å². The maximum absolute atomic E-state index is 13.1. The molecule has 29 heavy (non-hydrogen) atoms. The van der Waals surface area contributed by atoms with Crippen LogP contribution >= 0.6 is 11.6 Å². The third kappa shape index (κ3) is 4.05. The van der Waals surface area contributed by atoms with Gasteiger partial charge in [0.05, 0.1) is 4.90 Å². The lowest BCUT2D eigenvalue weighted by Crippen LogP contribution is -2.38. The molecule has 2 heterocycles. The molecule has 0 N–H and O–H groups in total. The molecule has 152 valence electrons. The van der Waals surface area contributed by atoms with Gasteiger partial charge < -0.3 is 4.52 Å². The van der Waals surface area contributed by atoms with Gasteiger partial charge in [-0.1, -0.05) is 16.8 Å². The lowest BCUT2D eigenvalue weighted by Gasteiger charge is -2.30. The molecule has 3 aromatic rings. The molecule has 1 saturated heterocycles. The Bertz CT molecular complexity index is 1120. The number of rotatable bonds is 4. The van der Waals surface area contributed by atoms with Crippen LogP contribution < -0.4 is 0 Å². The smallest absolute Gasteiger partial charge is 0.257 e. The number of hydrogen-bond donors (Lipinski definition) is 0. The van der Waals surface area contributed by atoms with Gasteiger partial charge in [0.1, 0.15) is 5.82 Å². The minimum absolute atomic E-state index is 0.00529. The van der Waals surface area contributed by atoms with Crippen molar-refractivity contribution < 1.29 is 17.3 Å². The van der Waals surface area contributed by atoms with Gasteiger partial charge in [-0.3, -0.25) is 0 Å². The van der Waals surface area contributed by atoms with Crippen LogP contribution in [-0.2, 0) is 10.0 Å². The van der Waals surface area contributed by atoms with Crippen molar-refractivity contribution in [3.8, 4) is 11.5 Å². The van der Waals surface area contributed by atoms with E-state index in [1.807, 2.05) is 0 Å². The van der Waals surface area contributed by atoms with Crippen molar-refractivity contribution in [1.82, 2.24) is 14.4 Å². The zero-order chi connectivity index (χ0) is 20.6. The number of hydrogen-bond acceptors (Lipinski definition) is 5. The summed E-state index contributed by atoms with van der Waals surface area (Å²) in [5.74, 6) is 0.541. The molecule has 0 atom stereocenters. The number of sulfonamides is 1. The highest BCUT2D eigenvalue weighted by Gasteiger charge is 2.32. The Hall–Kier alpha value is -2.29. The molecule has 1 aliphatic heterocycles. The van der Waals surface area contributed by atoms with E-state index in [1.165, 1.54) is 16.4 Å². The predicted molar refractivity (Wildman–Crippen MR) is 107 cm³/mol. The molecule has 0 aliphatic carbocycles. The Morgan fingerprint density at radius 2 is 1.83 bits per heavy atom. The number of benzene rings is 2. The van der Waals surface area contributed by atoms with Crippen LogP contribution in [0, 0.1) is 12.7 Å². The molecule has 0 unspecified atom stereocenters. The highest BCUT2D eigenvalue weighted by atomic mass is 35.5. The second-order valence-corrected chi connectivity index (χ2v) is 9.40. The van der Waals surface area contributed by atoms with E-state index >= 15 is 0 Å². The van der Waals surface area contributed by atoms with Crippen molar-refractivity contribution in [2.45, 2.75) is 30.6 Å². The van der Waals surface area contributed by atoms with Crippen LogP contribution in [0.4, 0.5) is 4.39 Å². The molecule has 2 aromatic carbocycles. The van der Waals surface area contributed by atoms with Crippen molar-refractivity contribution in [3.63, 3.8) is 0 Å². The Morgan fingerprint density at radius 1 is 1.14 bits per heavy atom. The highest BCUT2D eigenvalue weighted by molar-refractivity contribution is 7.89. The summed E-state index contributed by atoms with van der Waals surface area (Å²) in [5, 5.41) is 4.55. The van der Waals surface area contributed by atoms with Crippen LogP contribution in [0.5, 0.6) is 0 Å². The molecule has 1 fully saturated rings.